The van der Waals surface area contributed by atoms with Crippen molar-refractivity contribution in [3.05, 3.63) is 11.7 Å². The lowest BCUT2D eigenvalue weighted by Crippen LogP contribution is -2.33. The Kier molecular flexibility index (Phi) is 2.62. The summed E-state index contributed by atoms with van der Waals surface area (Å²) in [5.41, 5.74) is -0.713. The Bertz CT molecular complexity index is 432. The molecule has 1 atom stereocenters. The number of amides is 1. The highest BCUT2D eigenvalue weighted by atomic mass is 35.5. The molecule has 7 heteroatoms. The Labute approximate surface area is 102 Å². The van der Waals surface area contributed by atoms with Crippen LogP contribution in [0.15, 0.2) is 4.52 Å². The summed E-state index contributed by atoms with van der Waals surface area (Å²) in [5, 5.41) is 6.34. The maximum Gasteiger partial charge on any atom is 0.229 e. The van der Waals surface area contributed by atoms with Crippen LogP contribution in [0.1, 0.15) is 25.1 Å². The zero-order chi connectivity index (χ0) is 12.0. The minimum absolute atomic E-state index is 0.194. The Balaban J connectivity index is 1.90. The lowest BCUT2D eigenvalue weighted by Gasteiger charge is -2.10. The first-order chi connectivity index (χ1) is 7.35. The number of aromatic nitrogens is 2. The number of nitrogens with one attached hydrogen (secondary N) is 1. The Morgan fingerprint density at radius 2 is 2.25 bits per heavy atom. The van der Waals surface area contributed by atoms with Gasteiger partial charge in [-0.2, -0.15) is 4.98 Å². The number of carbonyl (C=O) groups excluding carboxylic acids is 1. The van der Waals surface area contributed by atoms with Crippen molar-refractivity contribution in [2.24, 2.45) is 5.41 Å². The summed E-state index contributed by atoms with van der Waals surface area (Å²) >= 11 is 11.8. The van der Waals surface area contributed by atoms with Gasteiger partial charge in [-0.05, 0) is 13.3 Å². The van der Waals surface area contributed by atoms with Crippen molar-refractivity contribution in [2.75, 3.05) is 0 Å². The van der Waals surface area contributed by atoms with Crippen LogP contribution in [0.5, 0.6) is 0 Å². The highest BCUT2D eigenvalue weighted by molar-refractivity contribution is 6.53. The Morgan fingerprint density at radius 3 is 2.69 bits per heavy atom. The molecule has 0 bridgehead atoms. The Hall–Kier alpha value is -0.810. The van der Waals surface area contributed by atoms with Gasteiger partial charge in [0.15, 0.2) is 5.82 Å². The second kappa shape index (κ2) is 3.60. The molecule has 1 fully saturated rings. The van der Waals surface area contributed by atoms with Gasteiger partial charge in [-0.1, -0.05) is 5.16 Å². The van der Waals surface area contributed by atoms with E-state index < -0.39 is 9.75 Å². The van der Waals surface area contributed by atoms with E-state index >= 15 is 0 Å². The number of aryl methyl sites for hydroxylation is 1. The molecule has 88 valence electrons. The van der Waals surface area contributed by atoms with E-state index in [0.29, 0.717) is 18.1 Å². The van der Waals surface area contributed by atoms with Crippen molar-refractivity contribution in [1.29, 1.82) is 0 Å². The van der Waals surface area contributed by atoms with Crippen LogP contribution < -0.4 is 5.32 Å². The minimum Gasteiger partial charge on any atom is -0.348 e. The van der Waals surface area contributed by atoms with Crippen LogP contribution in [-0.2, 0) is 11.3 Å². The molecule has 1 N–H and O–H groups in total. The van der Waals surface area contributed by atoms with E-state index in [1.807, 2.05) is 0 Å². The summed E-state index contributed by atoms with van der Waals surface area (Å²) in [6.45, 7) is 3.63. The number of nitrogens with zero attached hydrogens (tertiary/aromatic N) is 2. The van der Waals surface area contributed by atoms with Crippen molar-refractivity contribution in [1.82, 2.24) is 15.5 Å². The lowest BCUT2D eigenvalue weighted by atomic mass is 10.1. The smallest absolute Gasteiger partial charge is 0.229 e. The molecule has 1 aliphatic rings. The molecule has 1 aromatic rings. The molecule has 0 spiro atoms. The first kappa shape index (κ1) is 11.7. The minimum atomic E-state index is -0.954. The van der Waals surface area contributed by atoms with Gasteiger partial charge in [0.05, 0.1) is 12.0 Å². The van der Waals surface area contributed by atoms with Crippen molar-refractivity contribution in [2.45, 2.75) is 31.1 Å². The predicted molar refractivity (Wildman–Crippen MR) is 58.0 cm³/mol. The van der Waals surface area contributed by atoms with Crippen molar-refractivity contribution < 1.29 is 9.32 Å². The van der Waals surface area contributed by atoms with E-state index in [2.05, 4.69) is 15.5 Å². The van der Waals surface area contributed by atoms with Crippen molar-refractivity contribution in [3.63, 3.8) is 0 Å². The van der Waals surface area contributed by atoms with E-state index in [1.165, 1.54) is 0 Å². The van der Waals surface area contributed by atoms with Gasteiger partial charge in [0, 0.05) is 6.92 Å². The molecule has 5 nitrogen and oxygen atoms in total. The summed E-state index contributed by atoms with van der Waals surface area (Å²) < 4.78 is 3.82. The van der Waals surface area contributed by atoms with Gasteiger partial charge in [-0.25, -0.2) is 0 Å². The van der Waals surface area contributed by atoms with Gasteiger partial charge < -0.3 is 9.84 Å². The number of hydrogen-bond acceptors (Lipinski definition) is 4. The summed E-state index contributed by atoms with van der Waals surface area (Å²) in [5.74, 6) is 0.704. The SMILES string of the molecule is Cc1nc(CNC(=O)[C@@]2(C)CC2(Cl)Cl)no1. The van der Waals surface area contributed by atoms with E-state index in [-0.39, 0.29) is 12.5 Å². The molecule has 0 aromatic carbocycles. The van der Waals surface area contributed by atoms with Crippen molar-refractivity contribution >= 4 is 29.1 Å². The molecule has 0 aliphatic heterocycles. The molecular formula is C9H11Cl2N3O2. The number of halogens is 2. The maximum absolute atomic E-state index is 11.8. The molecule has 0 unspecified atom stereocenters. The predicted octanol–water partition coefficient (Wildman–Crippen LogP) is 1.58. The third kappa shape index (κ3) is 1.89. The van der Waals surface area contributed by atoms with Crippen LogP contribution in [0.3, 0.4) is 0 Å². The summed E-state index contributed by atoms with van der Waals surface area (Å²) in [7, 11) is 0. The van der Waals surface area contributed by atoms with Crippen LogP contribution in [-0.4, -0.2) is 20.4 Å². The number of carbonyl (C=O) groups is 1. The average molecular weight is 264 g/mol. The quantitative estimate of drug-likeness (QED) is 0.841. The molecule has 1 heterocycles. The fourth-order valence-electron chi connectivity index (χ4n) is 1.41. The molecule has 1 saturated carbocycles. The average Bonchev–Trinajstić information content (AvgIpc) is 2.57. The largest absolute Gasteiger partial charge is 0.348 e. The number of hydrogen-bond donors (Lipinski definition) is 1. The summed E-state index contributed by atoms with van der Waals surface area (Å²) in [6.07, 6.45) is 0.459. The van der Waals surface area contributed by atoms with Crippen LogP contribution in [0.25, 0.3) is 0 Å². The molecular weight excluding hydrogens is 253 g/mol. The number of rotatable bonds is 3. The fourth-order valence-corrected chi connectivity index (χ4v) is 2.12. The molecule has 16 heavy (non-hydrogen) atoms. The third-order valence-corrected chi connectivity index (χ3v) is 3.84. The van der Waals surface area contributed by atoms with Crippen LogP contribution >= 0.6 is 23.2 Å². The van der Waals surface area contributed by atoms with Gasteiger partial charge in [-0.15, -0.1) is 23.2 Å². The van der Waals surface area contributed by atoms with E-state index in [9.17, 15) is 4.79 Å². The second-order valence-electron chi connectivity index (χ2n) is 4.13. The van der Waals surface area contributed by atoms with Crippen molar-refractivity contribution in [3.8, 4) is 0 Å². The monoisotopic (exact) mass is 263 g/mol. The maximum atomic E-state index is 11.8. The van der Waals surface area contributed by atoms with E-state index in [0.717, 1.165) is 0 Å². The van der Waals surface area contributed by atoms with Crippen LogP contribution in [0, 0.1) is 12.3 Å². The molecule has 0 saturated heterocycles. The van der Waals surface area contributed by atoms with Gasteiger partial charge in [-0.3, -0.25) is 4.79 Å². The second-order valence-corrected chi connectivity index (χ2v) is 5.61. The first-order valence-electron chi connectivity index (χ1n) is 4.80. The molecule has 1 aromatic heterocycles. The lowest BCUT2D eigenvalue weighted by molar-refractivity contribution is -0.126. The molecule has 2 rings (SSSR count). The van der Waals surface area contributed by atoms with E-state index in [1.54, 1.807) is 13.8 Å². The normalized spacial score (nSPS) is 26.5. The first-order valence-corrected chi connectivity index (χ1v) is 5.56. The molecule has 0 radical (unpaired) electrons. The number of alkyl halides is 2. The zero-order valence-electron chi connectivity index (χ0n) is 8.88. The fraction of sp³-hybridized carbons (Fsp3) is 0.667. The zero-order valence-corrected chi connectivity index (χ0v) is 10.4. The highest BCUT2D eigenvalue weighted by Crippen LogP contribution is 2.63. The van der Waals surface area contributed by atoms with Gasteiger partial charge in [0.2, 0.25) is 11.8 Å². The highest BCUT2D eigenvalue weighted by Gasteiger charge is 2.67. The Morgan fingerprint density at radius 1 is 1.62 bits per heavy atom. The molecule has 1 aliphatic carbocycles. The molecule has 1 amide bonds. The third-order valence-electron chi connectivity index (χ3n) is 2.74. The topological polar surface area (TPSA) is 68.0 Å². The van der Waals surface area contributed by atoms with E-state index in [4.69, 9.17) is 27.7 Å². The summed E-state index contributed by atoms with van der Waals surface area (Å²) in [6, 6.07) is 0. The van der Waals surface area contributed by atoms with Crippen LogP contribution in [0.4, 0.5) is 0 Å². The van der Waals surface area contributed by atoms with Gasteiger partial charge in [0.1, 0.15) is 4.33 Å². The van der Waals surface area contributed by atoms with Gasteiger partial charge >= 0.3 is 0 Å². The van der Waals surface area contributed by atoms with Crippen LogP contribution in [0.2, 0.25) is 0 Å². The summed E-state index contributed by atoms with van der Waals surface area (Å²) in [4.78, 5) is 15.7. The van der Waals surface area contributed by atoms with Gasteiger partial charge in [0.25, 0.3) is 0 Å². The standard InChI is InChI=1S/C9H11Cl2N3O2/c1-5-13-6(14-16-5)3-12-7(15)8(2)4-9(8,10)11/h3-4H2,1-2H3,(H,12,15)/t8-/m1/s1.